The molecule has 0 fully saturated rings. The molecular weight excluding hydrogens is 122 g/mol. The van der Waals surface area contributed by atoms with Gasteiger partial charge in [-0.1, -0.05) is 27.2 Å². The molecule has 0 aromatic heterocycles. The lowest BCUT2D eigenvalue weighted by Gasteiger charge is -2.16. The third-order valence-corrected chi connectivity index (χ3v) is 1.77. The summed E-state index contributed by atoms with van der Waals surface area (Å²) < 4.78 is 0. The molecule has 0 unspecified atom stereocenters. The molecule has 0 aliphatic heterocycles. The average Bonchev–Trinajstić information content (AvgIpc) is 1.99. The maximum absolute atomic E-state index is 2.43. The van der Waals surface area contributed by atoms with E-state index in [4.69, 9.17) is 0 Å². The standard InChI is InChI=1S/C9H20N/c1-4-7-8-9-10(5-2)6-3/h8H,4-7,9H2,1-3H3. The Morgan fingerprint density at radius 3 is 2.10 bits per heavy atom. The smallest absolute Gasteiger partial charge is 0.00125 e. The SMILES string of the molecule is CCC[CH]CN(CC)CC. The van der Waals surface area contributed by atoms with Crippen molar-refractivity contribution in [2.45, 2.75) is 33.6 Å². The Balaban J connectivity index is 3.09. The van der Waals surface area contributed by atoms with Crippen molar-refractivity contribution < 1.29 is 0 Å². The molecule has 1 nitrogen and oxygen atoms in total. The van der Waals surface area contributed by atoms with Gasteiger partial charge in [-0.3, -0.25) is 0 Å². The molecule has 0 aliphatic carbocycles. The first kappa shape index (κ1) is 9.96. The van der Waals surface area contributed by atoms with Gasteiger partial charge in [-0.2, -0.15) is 0 Å². The fourth-order valence-electron chi connectivity index (χ4n) is 0.960. The fraction of sp³-hybridized carbons (Fsp3) is 0.889. The van der Waals surface area contributed by atoms with Crippen molar-refractivity contribution in [2.24, 2.45) is 0 Å². The van der Waals surface area contributed by atoms with Gasteiger partial charge >= 0.3 is 0 Å². The molecule has 1 radical (unpaired) electrons. The lowest BCUT2D eigenvalue weighted by atomic mass is 10.2. The Hall–Kier alpha value is -0.0400. The van der Waals surface area contributed by atoms with Gasteiger partial charge in [-0.25, -0.2) is 0 Å². The Morgan fingerprint density at radius 1 is 1.10 bits per heavy atom. The molecule has 0 rings (SSSR count). The third kappa shape index (κ3) is 4.80. The van der Waals surface area contributed by atoms with Gasteiger partial charge in [-0.05, 0) is 25.9 Å². The van der Waals surface area contributed by atoms with Gasteiger partial charge in [0.05, 0.1) is 0 Å². The molecule has 0 saturated heterocycles. The number of hydrogen-bond donors (Lipinski definition) is 0. The first-order chi connectivity index (χ1) is 4.85. The summed E-state index contributed by atoms with van der Waals surface area (Å²) in [4.78, 5) is 2.43. The van der Waals surface area contributed by atoms with Crippen LogP contribution in [0.2, 0.25) is 0 Å². The predicted molar refractivity (Wildman–Crippen MR) is 47.0 cm³/mol. The van der Waals surface area contributed by atoms with Crippen LogP contribution in [0.3, 0.4) is 0 Å². The molecule has 0 saturated carbocycles. The zero-order valence-electron chi connectivity index (χ0n) is 7.56. The van der Waals surface area contributed by atoms with Crippen LogP contribution in [-0.2, 0) is 0 Å². The van der Waals surface area contributed by atoms with E-state index in [0.29, 0.717) is 0 Å². The molecule has 10 heavy (non-hydrogen) atoms. The summed E-state index contributed by atoms with van der Waals surface area (Å²) >= 11 is 0. The summed E-state index contributed by atoms with van der Waals surface area (Å²) in [6, 6.07) is 0. The molecule has 0 aromatic rings. The lowest BCUT2D eigenvalue weighted by Crippen LogP contribution is -2.24. The quantitative estimate of drug-likeness (QED) is 0.514. The van der Waals surface area contributed by atoms with Gasteiger partial charge in [0.1, 0.15) is 0 Å². The van der Waals surface area contributed by atoms with E-state index >= 15 is 0 Å². The van der Waals surface area contributed by atoms with Crippen LogP contribution in [0.1, 0.15) is 33.6 Å². The zero-order valence-corrected chi connectivity index (χ0v) is 7.56. The molecule has 0 amide bonds. The maximum Gasteiger partial charge on any atom is 0.00125 e. The molecule has 0 heterocycles. The van der Waals surface area contributed by atoms with E-state index in [1.54, 1.807) is 0 Å². The number of unbranched alkanes of at least 4 members (excludes halogenated alkanes) is 2. The average molecular weight is 142 g/mol. The Morgan fingerprint density at radius 2 is 1.70 bits per heavy atom. The Labute approximate surface area is 65.4 Å². The largest absolute Gasteiger partial charge is 0.304 e. The second-order valence-corrected chi connectivity index (χ2v) is 2.56. The molecular formula is C9H20N. The second-order valence-electron chi connectivity index (χ2n) is 2.56. The summed E-state index contributed by atoms with van der Waals surface area (Å²) in [6.07, 6.45) is 4.91. The highest BCUT2D eigenvalue weighted by Gasteiger charge is 1.96. The van der Waals surface area contributed by atoms with Crippen LogP contribution in [0.4, 0.5) is 0 Å². The molecule has 0 N–H and O–H groups in total. The minimum Gasteiger partial charge on any atom is -0.304 e. The minimum atomic E-state index is 1.17. The highest BCUT2D eigenvalue weighted by Crippen LogP contribution is 1.95. The number of hydrogen-bond acceptors (Lipinski definition) is 1. The van der Waals surface area contributed by atoms with Gasteiger partial charge in [0, 0.05) is 6.54 Å². The number of rotatable bonds is 6. The van der Waals surface area contributed by atoms with Crippen molar-refractivity contribution in [3.8, 4) is 0 Å². The molecule has 0 aliphatic rings. The molecule has 61 valence electrons. The lowest BCUT2D eigenvalue weighted by molar-refractivity contribution is 0.324. The summed E-state index contributed by atoms with van der Waals surface area (Å²) in [5.74, 6) is 0. The van der Waals surface area contributed by atoms with Crippen LogP contribution in [0.5, 0.6) is 0 Å². The van der Waals surface area contributed by atoms with E-state index in [1.165, 1.54) is 32.5 Å². The Bertz CT molecular complexity index is 57.7. The third-order valence-electron chi connectivity index (χ3n) is 1.77. The van der Waals surface area contributed by atoms with Crippen molar-refractivity contribution in [1.82, 2.24) is 4.90 Å². The summed E-state index contributed by atoms with van der Waals surface area (Å²) in [6.45, 7) is 10.2. The summed E-state index contributed by atoms with van der Waals surface area (Å²) in [5, 5.41) is 0. The molecule has 0 atom stereocenters. The predicted octanol–water partition coefficient (Wildman–Crippen LogP) is 2.33. The van der Waals surface area contributed by atoms with Gasteiger partial charge in [-0.15, -0.1) is 0 Å². The summed E-state index contributed by atoms with van der Waals surface area (Å²) in [5.41, 5.74) is 0. The van der Waals surface area contributed by atoms with Gasteiger partial charge < -0.3 is 4.90 Å². The molecule has 1 heteroatoms. The maximum atomic E-state index is 2.43. The summed E-state index contributed by atoms with van der Waals surface area (Å²) in [7, 11) is 0. The topological polar surface area (TPSA) is 3.24 Å². The first-order valence-corrected chi connectivity index (χ1v) is 4.39. The van der Waals surface area contributed by atoms with Crippen LogP contribution in [0.15, 0.2) is 0 Å². The van der Waals surface area contributed by atoms with E-state index in [-0.39, 0.29) is 0 Å². The van der Waals surface area contributed by atoms with Gasteiger partial charge in [0.25, 0.3) is 0 Å². The van der Waals surface area contributed by atoms with Gasteiger partial charge in [0.15, 0.2) is 0 Å². The normalized spacial score (nSPS) is 10.8. The first-order valence-electron chi connectivity index (χ1n) is 4.39. The van der Waals surface area contributed by atoms with Crippen molar-refractivity contribution in [3.63, 3.8) is 0 Å². The van der Waals surface area contributed by atoms with E-state index < -0.39 is 0 Å². The van der Waals surface area contributed by atoms with Crippen molar-refractivity contribution in [2.75, 3.05) is 19.6 Å². The van der Waals surface area contributed by atoms with Crippen LogP contribution < -0.4 is 0 Å². The molecule has 0 aromatic carbocycles. The van der Waals surface area contributed by atoms with Crippen molar-refractivity contribution in [3.05, 3.63) is 6.42 Å². The van der Waals surface area contributed by atoms with Crippen molar-refractivity contribution >= 4 is 0 Å². The van der Waals surface area contributed by atoms with E-state index in [9.17, 15) is 0 Å². The van der Waals surface area contributed by atoms with Crippen LogP contribution in [-0.4, -0.2) is 24.5 Å². The fourth-order valence-corrected chi connectivity index (χ4v) is 0.960. The van der Waals surface area contributed by atoms with E-state index in [2.05, 4.69) is 32.1 Å². The van der Waals surface area contributed by atoms with Crippen LogP contribution in [0, 0.1) is 6.42 Å². The van der Waals surface area contributed by atoms with Crippen molar-refractivity contribution in [1.29, 1.82) is 0 Å². The van der Waals surface area contributed by atoms with E-state index in [1.807, 2.05) is 0 Å². The minimum absolute atomic E-state index is 1.17. The highest BCUT2D eigenvalue weighted by atomic mass is 15.1. The molecule has 0 bridgehead atoms. The van der Waals surface area contributed by atoms with Crippen LogP contribution in [0.25, 0.3) is 0 Å². The van der Waals surface area contributed by atoms with Gasteiger partial charge in [0.2, 0.25) is 0 Å². The second kappa shape index (κ2) is 7.07. The number of nitrogens with zero attached hydrogens (tertiary/aromatic N) is 1. The zero-order chi connectivity index (χ0) is 7.82. The monoisotopic (exact) mass is 142 g/mol. The Kier molecular flexibility index (Phi) is 7.04. The van der Waals surface area contributed by atoms with E-state index in [0.717, 1.165) is 0 Å². The molecule has 0 spiro atoms. The van der Waals surface area contributed by atoms with Crippen LogP contribution >= 0.6 is 0 Å². The highest BCUT2D eigenvalue weighted by molar-refractivity contribution is 4.68.